The molecule has 1 saturated carbocycles. The lowest BCUT2D eigenvalue weighted by molar-refractivity contribution is 0.0951. The summed E-state index contributed by atoms with van der Waals surface area (Å²) in [7, 11) is 1.52. The van der Waals surface area contributed by atoms with E-state index in [2.05, 4.69) is 10.6 Å². The molecular formula is C21H21FN2O3. The Hall–Kier alpha value is -2.89. The molecule has 2 aromatic carbocycles. The van der Waals surface area contributed by atoms with Gasteiger partial charge in [0.2, 0.25) is 0 Å². The van der Waals surface area contributed by atoms with Crippen LogP contribution in [0.25, 0.3) is 0 Å². The fourth-order valence-electron chi connectivity index (χ4n) is 3.54. The van der Waals surface area contributed by atoms with Crippen LogP contribution in [0.1, 0.15) is 50.6 Å². The first-order chi connectivity index (χ1) is 13.1. The van der Waals surface area contributed by atoms with E-state index in [4.69, 9.17) is 4.74 Å². The Labute approximate surface area is 156 Å². The number of amides is 2. The van der Waals surface area contributed by atoms with E-state index in [1.54, 1.807) is 6.07 Å². The molecule has 1 unspecified atom stereocenters. The van der Waals surface area contributed by atoms with Crippen molar-refractivity contribution in [3.63, 3.8) is 0 Å². The van der Waals surface area contributed by atoms with Crippen LogP contribution in [0, 0.1) is 0 Å². The van der Waals surface area contributed by atoms with Gasteiger partial charge in [0.05, 0.1) is 11.5 Å². The molecule has 2 atom stereocenters. The smallest absolute Gasteiger partial charge is 0.254 e. The van der Waals surface area contributed by atoms with Crippen LogP contribution in [-0.2, 0) is 0 Å². The maximum absolute atomic E-state index is 13.7. The molecule has 2 aromatic rings. The molecule has 0 saturated heterocycles. The topological polar surface area (TPSA) is 67.4 Å². The standard InChI is InChI=1S/C21H21FN2O3/c1-23-21(26)16-10-13(20(25)24-14-7-8-14)9-15-18(12-5-3-2-4-6-12)17(11-22)27-19(15)16/h2-6,9-10,14,17-18H,7-8,11H2,1H3,(H,23,26)(H,24,25)/t17?,18-/m0/s1. The minimum absolute atomic E-state index is 0.203. The SMILES string of the molecule is CNC(=O)c1cc(C(=O)NC2CC2)cc2c1OC(CF)[C@H]2c1ccccc1. The van der Waals surface area contributed by atoms with Gasteiger partial charge in [-0.1, -0.05) is 30.3 Å². The zero-order valence-corrected chi connectivity index (χ0v) is 15.0. The first-order valence-corrected chi connectivity index (χ1v) is 9.10. The molecule has 0 bridgehead atoms. The molecule has 0 radical (unpaired) electrons. The second-order valence-electron chi connectivity index (χ2n) is 6.97. The van der Waals surface area contributed by atoms with Gasteiger partial charge in [-0.25, -0.2) is 4.39 Å². The zero-order valence-electron chi connectivity index (χ0n) is 15.0. The third-order valence-corrected chi connectivity index (χ3v) is 5.05. The highest BCUT2D eigenvalue weighted by molar-refractivity contribution is 6.02. The Morgan fingerprint density at radius 3 is 2.52 bits per heavy atom. The van der Waals surface area contributed by atoms with E-state index >= 15 is 0 Å². The average Bonchev–Trinajstić information content (AvgIpc) is 3.43. The van der Waals surface area contributed by atoms with E-state index in [0.717, 1.165) is 18.4 Å². The summed E-state index contributed by atoms with van der Waals surface area (Å²) in [5.74, 6) is -0.600. The van der Waals surface area contributed by atoms with Crippen molar-refractivity contribution in [3.05, 3.63) is 64.7 Å². The molecule has 6 heteroatoms. The van der Waals surface area contributed by atoms with Crippen LogP contribution in [0.2, 0.25) is 0 Å². The number of alkyl halides is 1. The largest absolute Gasteiger partial charge is 0.486 e. The van der Waals surface area contributed by atoms with Gasteiger partial charge >= 0.3 is 0 Å². The van der Waals surface area contributed by atoms with Crippen LogP contribution in [-0.4, -0.2) is 37.7 Å². The van der Waals surface area contributed by atoms with Crippen molar-refractivity contribution in [2.45, 2.75) is 30.9 Å². The highest BCUT2D eigenvalue weighted by Gasteiger charge is 2.39. The highest BCUT2D eigenvalue weighted by Crippen LogP contribution is 2.45. The van der Waals surface area contributed by atoms with Gasteiger partial charge in [-0.2, -0.15) is 0 Å². The maximum atomic E-state index is 13.7. The van der Waals surface area contributed by atoms with Crippen molar-refractivity contribution >= 4 is 11.8 Å². The van der Waals surface area contributed by atoms with E-state index in [0.29, 0.717) is 16.9 Å². The summed E-state index contributed by atoms with van der Waals surface area (Å²) in [4.78, 5) is 25.0. The number of hydrogen-bond donors (Lipinski definition) is 2. The Bertz CT molecular complexity index is 880. The fraction of sp³-hybridized carbons (Fsp3) is 0.333. The molecule has 5 nitrogen and oxygen atoms in total. The Balaban J connectivity index is 1.83. The minimum atomic E-state index is -0.729. The van der Waals surface area contributed by atoms with Crippen molar-refractivity contribution in [2.24, 2.45) is 0 Å². The van der Waals surface area contributed by atoms with Crippen LogP contribution in [0.4, 0.5) is 4.39 Å². The van der Waals surface area contributed by atoms with Crippen LogP contribution in [0.15, 0.2) is 42.5 Å². The van der Waals surface area contributed by atoms with Gasteiger partial charge in [0.15, 0.2) is 0 Å². The Kier molecular flexibility index (Phi) is 4.56. The zero-order chi connectivity index (χ0) is 19.0. The summed E-state index contributed by atoms with van der Waals surface area (Å²) in [6, 6.07) is 12.9. The molecular weight excluding hydrogens is 347 g/mol. The minimum Gasteiger partial charge on any atom is -0.486 e. The number of carbonyl (C=O) groups is 2. The van der Waals surface area contributed by atoms with Crippen molar-refractivity contribution in [1.29, 1.82) is 0 Å². The average molecular weight is 368 g/mol. The summed E-state index contributed by atoms with van der Waals surface area (Å²) in [6.45, 7) is -0.689. The molecule has 4 rings (SSSR count). The van der Waals surface area contributed by atoms with Crippen molar-refractivity contribution < 1.29 is 18.7 Å². The van der Waals surface area contributed by atoms with E-state index in [-0.39, 0.29) is 29.3 Å². The predicted octanol–water partition coefficient (Wildman–Crippen LogP) is 2.80. The van der Waals surface area contributed by atoms with E-state index in [1.807, 2.05) is 30.3 Å². The third-order valence-electron chi connectivity index (χ3n) is 5.05. The monoisotopic (exact) mass is 368 g/mol. The van der Waals surface area contributed by atoms with E-state index in [9.17, 15) is 14.0 Å². The number of benzene rings is 2. The maximum Gasteiger partial charge on any atom is 0.254 e. The second-order valence-corrected chi connectivity index (χ2v) is 6.97. The van der Waals surface area contributed by atoms with Gasteiger partial charge in [-0.3, -0.25) is 9.59 Å². The summed E-state index contributed by atoms with van der Waals surface area (Å²) >= 11 is 0. The summed E-state index contributed by atoms with van der Waals surface area (Å²) in [5, 5.41) is 5.51. The van der Waals surface area contributed by atoms with Crippen LogP contribution < -0.4 is 15.4 Å². The molecule has 140 valence electrons. The molecule has 1 heterocycles. The molecule has 2 N–H and O–H groups in total. The molecule has 1 aliphatic heterocycles. The first-order valence-electron chi connectivity index (χ1n) is 9.10. The molecule has 1 fully saturated rings. The molecule has 2 amide bonds. The quantitative estimate of drug-likeness (QED) is 0.853. The predicted molar refractivity (Wildman–Crippen MR) is 99.0 cm³/mol. The number of hydrogen-bond acceptors (Lipinski definition) is 3. The van der Waals surface area contributed by atoms with Crippen molar-refractivity contribution in [2.75, 3.05) is 13.7 Å². The molecule has 0 spiro atoms. The van der Waals surface area contributed by atoms with Gasteiger partial charge in [-0.15, -0.1) is 0 Å². The lowest BCUT2D eigenvalue weighted by Crippen LogP contribution is -2.26. The molecule has 1 aliphatic carbocycles. The summed E-state index contributed by atoms with van der Waals surface area (Å²) in [6.07, 6.45) is 1.21. The number of fused-ring (bicyclic) bond motifs is 1. The highest BCUT2D eigenvalue weighted by atomic mass is 19.1. The van der Waals surface area contributed by atoms with Gasteiger partial charge in [0, 0.05) is 24.2 Å². The number of nitrogens with one attached hydrogen (secondary N) is 2. The van der Waals surface area contributed by atoms with Crippen molar-refractivity contribution in [3.8, 4) is 5.75 Å². The van der Waals surface area contributed by atoms with E-state index < -0.39 is 12.8 Å². The number of halogens is 1. The van der Waals surface area contributed by atoms with Crippen LogP contribution in [0.3, 0.4) is 0 Å². The van der Waals surface area contributed by atoms with Gasteiger partial charge < -0.3 is 15.4 Å². The summed E-state index contributed by atoms with van der Waals surface area (Å²) in [5.41, 5.74) is 2.21. The third kappa shape index (κ3) is 3.27. The molecule has 0 aromatic heterocycles. The second kappa shape index (κ2) is 7.02. The van der Waals surface area contributed by atoms with Crippen molar-refractivity contribution in [1.82, 2.24) is 10.6 Å². The Morgan fingerprint density at radius 2 is 1.89 bits per heavy atom. The summed E-state index contributed by atoms with van der Waals surface area (Å²) < 4.78 is 19.6. The van der Waals surface area contributed by atoms with Crippen LogP contribution >= 0.6 is 0 Å². The fourth-order valence-corrected chi connectivity index (χ4v) is 3.54. The van der Waals surface area contributed by atoms with Gasteiger partial charge in [-0.05, 0) is 30.5 Å². The van der Waals surface area contributed by atoms with Crippen LogP contribution in [0.5, 0.6) is 5.75 Å². The first kappa shape index (κ1) is 17.5. The number of ether oxygens (including phenoxy) is 1. The Morgan fingerprint density at radius 1 is 1.15 bits per heavy atom. The normalized spacial score (nSPS) is 20.5. The molecule has 2 aliphatic rings. The van der Waals surface area contributed by atoms with Gasteiger partial charge in [0.25, 0.3) is 11.8 Å². The van der Waals surface area contributed by atoms with Gasteiger partial charge in [0.1, 0.15) is 18.5 Å². The number of carbonyl (C=O) groups excluding carboxylic acids is 2. The molecule has 27 heavy (non-hydrogen) atoms. The lowest BCUT2D eigenvalue weighted by atomic mass is 9.86. The number of rotatable bonds is 5. The van der Waals surface area contributed by atoms with E-state index in [1.165, 1.54) is 13.1 Å². The lowest BCUT2D eigenvalue weighted by Gasteiger charge is -2.16.